The monoisotopic (exact) mass is 648 g/mol. The van der Waals surface area contributed by atoms with E-state index < -0.39 is 24.2 Å². The molecule has 3 unspecified atom stereocenters. The molecule has 0 heterocycles. The number of carbonyl (C=O) groups excluding carboxylic acids is 2. The zero-order valence-electron chi connectivity index (χ0n) is 22.5. The Morgan fingerprint density at radius 3 is 2.61 bits per heavy atom. The van der Waals surface area contributed by atoms with Crippen molar-refractivity contribution in [2.45, 2.75) is 70.8 Å². The van der Waals surface area contributed by atoms with Crippen LogP contribution < -0.4 is 14.8 Å². The summed E-state index contributed by atoms with van der Waals surface area (Å²) in [7, 11) is 1.48. The maximum Gasteiger partial charge on any atom is 0.247 e. The van der Waals surface area contributed by atoms with Crippen LogP contribution in [0.3, 0.4) is 0 Å². The van der Waals surface area contributed by atoms with Gasteiger partial charge in [-0.15, -0.1) is 0 Å². The number of amides is 2. The first kappa shape index (κ1) is 32.3. The molecule has 2 rings (SSSR count). The first-order chi connectivity index (χ1) is 18.3. The lowest BCUT2D eigenvalue weighted by atomic mass is 9.87. The number of hydrogen-bond donors (Lipinski definition) is 4. The van der Waals surface area contributed by atoms with Crippen LogP contribution >= 0.6 is 22.6 Å². The summed E-state index contributed by atoms with van der Waals surface area (Å²) in [6.45, 7) is 5.02. The van der Waals surface area contributed by atoms with Crippen molar-refractivity contribution < 1.29 is 39.1 Å². The molecule has 4 N–H and O–H groups in total. The summed E-state index contributed by atoms with van der Waals surface area (Å²) < 4.78 is 17.9. The van der Waals surface area contributed by atoms with Gasteiger partial charge in [-0.2, -0.15) is 0 Å². The van der Waals surface area contributed by atoms with E-state index in [0.29, 0.717) is 58.8 Å². The molecule has 0 spiro atoms. The van der Waals surface area contributed by atoms with E-state index in [2.05, 4.69) is 27.9 Å². The van der Waals surface area contributed by atoms with Crippen LogP contribution in [0.1, 0.15) is 51.5 Å². The van der Waals surface area contributed by atoms with Gasteiger partial charge in [0.2, 0.25) is 11.8 Å². The predicted molar refractivity (Wildman–Crippen MR) is 151 cm³/mol. The highest BCUT2D eigenvalue weighted by Gasteiger charge is 2.40. The van der Waals surface area contributed by atoms with Crippen molar-refractivity contribution in [3.63, 3.8) is 0 Å². The van der Waals surface area contributed by atoms with Crippen molar-refractivity contribution in [1.82, 2.24) is 10.2 Å². The third kappa shape index (κ3) is 9.08. The van der Waals surface area contributed by atoms with Gasteiger partial charge in [-0.05, 0) is 66.1 Å². The van der Waals surface area contributed by atoms with Crippen LogP contribution in [0.5, 0.6) is 11.5 Å². The molecule has 0 bridgehead atoms. The summed E-state index contributed by atoms with van der Waals surface area (Å²) in [5, 5.41) is 32.9. The Kier molecular flexibility index (Phi) is 14.4. The Morgan fingerprint density at radius 1 is 1.21 bits per heavy atom. The van der Waals surface area contributed by atoms with E-state index in [1.807, 2.05) is 13.8 Å². The smallest absolute Gasteiger partial charge is 0.247 e. The van der Waals surface area contributed by atoms with Crippen LogP contribution in [0.25, 0.3) is 0 Å². The Morgan fingerprint density at radius 2 is 1.97 bits per heavy atom. The fraction of sp³-hybridized carbons (Fsp3) is 0.630. The topological polar surface area (TPSA) is 138 Å². The second-order valence-electron chi connectivity index (χ2n) is 9.02. The number of hydrogen-bond acceptors (Lipinski definition) is 8. The summed E-state index contributed by atoms with van der Waals surface area (Å²) >= 11 is 2.07. The van der Waals surface area contributed by atoms with E-state index in [1.165, 1.54) is 7.11 Å². The van der Waals surface area contributed by atoms with Gasteiger partial charge in [0.25, 0.3) is 0 Å². The number of rotatable bonds is 16. The molecule has 1 aliphatic rings. The number of carbonyl (C=O) groups is 2. The molecular weight excluding hydrogens is 607 g/mol. The van der Waals surface area contributed by atoms with Crippen LogP contribution in [0.4, 0.5) is 0 Å². The minimum Gasteiger partial charge on any atom is -0.493 e. The molecule has 0 saturated carbocycles. The molecule has 0 fully saturated rings. The van der Waals surface area contributed by atoms with Crippen LogP contribution in [0, 0.1) is 3.57 Å². The highest BCUT2D eigenvalue weighted by molar-refractivity contribution is 14.1. The lowest BCUT2D eigenvalue weighted by molar-refractivity contribution is -0.139. The molecule has 1 aromatic carbocycles. The van der Waals surface area contributed by atoms with Gasteiger partial charge < -0.3 is 39.7 Å². The summed E-state index contributed by atoms with van der Waals surface area (Å²) in [6.07, 6.45) is 2.12. The fourth-order valence-electron chi connectivity index (χ4n) is 4.32. The molecule has 0 radical (unpaired) electrons. The number of ether oxygens (including phenoxy) is 3. The molecule has 1 aliphatic carbocycles. The molecule has 214 valence electrons. The van der Waals surface area contributed by atoms with Crippen molar-refractivity contribution >= 4 is 34.4 Å². The van der Waals surface area contributed by atoms with Crippen LogP contribution in [-0.2, 0) is 20.9 Å². The quantitative estimate of drug-likeness (QED) is 0.158. The molecule has 3 atom stereocenters. The zero-order valence-corrected chi connectivity index (χ0v) is 24.6. The Bertz CT molecular complexity index is 942. The van der Waals surface area contributed by atoms with E-state index >= 15 is 0 Å². The Labute approximate surface area is 238 Å². The minimum absolute atomic E-state index is 0.0801. The van der Waals surface area contributed by atoms with Crippen LogP contribution in [0.15, 0.2) is 23.8 Å². The molecule has 10 nitrogen and oxygen atoms in total. The van der Waals surface area contributed by atoms with E-state index in [0.717, 1.165) is 12.8 Å². The van der Waals surface area contributed by atoms with Crippen LogP contribution in [-0.4, -0.2) is 90.3 Å². The summed E-state index contributed by atoms with van der Waals surface area (Å²) in [5.41, 5.74) is 1.00. The number of benzene rings is 1. The van der Waals surface area contributed by atoms with E-state index in [9.17, 15) is 24.9 Å². The summed E-state index contributed by atoms with van der Waals surface area (Å²) in [4.78, 5) is 27.9. The van der Waals surface area contributed by atoms with Crippen molar-refractivity contribution in [2.24, 2.45) is 0 Å². The lowest BCUT2D eigenvalue weighted by Crippen LogP contribution is -2.55. The summed E-state index contributed by atoms with van der Waals surface area (Å²) in [5.74, 6) is 0.254. The van der Waals surface area contributed by atoms with Crippen molar-refractivity contribution in [2.75, 3.05) is 40.0 Å². The van der Waals surface area contributed by atoms with Crippen molar-refractivity contribution in [1.29, 1.82) is 0 Å². The Balaban J connectivity index is 2.45. The number of unbranched alkanes of at least 4 members (excludes halogenated alkanes) is 1. The number of nitrogens with one attached hydrogen (secondary N) is 1. The predicted octanol–water partition coefficient (Wildman–Crippen LogP) is 2.15. The molecule has 0 aromatic heterocycles. The summed E-state index contributed by atoms with van der Waals surface area (Å²) in [6, 6.07) is 2.70. The average molecular weight is 649 g/mol. The third-order valence-electron chi connectivity index (χ3n) is 6.30. The molecular formula is C27H41IN2O8. The van der Waals surface area contributed by atoms with E-state index in [4.69, 9.17) is 14.2 Å². The average Bonchev–Trinajstić information content (AvgIpc) is 2.92. The SMILES string of the molecule is CCCCC(=O)N(CCCOCC)C1CC(C(=O)NCCO)=CC(Oc2c(I)cc(CO)cc2OC)C1O. The largest absolute Gasteiger partial charge is 0.493 e. The van der Waals surface area contributed by atoms with Gasteiger partial charge >= 0.3 is 0 Å². The molecule has 0 saturated heterocycles. The number of methoxy groups -OCH3 is 1. The highest BCUT2D eigenvalue weighted by atomic mass is 127. The third-order valence-corrected chi connectivity index (χ3v) is 7.10. The minimum atomic E-state index is -1.12. The van der Waals surface area contributed by atoms with Gasteiger partial charge in [-0.25, -0.2) is 0 Å². The van der Waals surface area contributed by atoms with Gasteiger partial charge in [0.05, 0.1) is 29.9 Å². The van der Waals surface area contributed by atoms with Crippen molar-refractivity contribution in [3.05, 3.63) is 32.9 Å². The maximum absolute atomic E-state index is 13.3. The molecule has 2 amide bonds. The van der Waals surface area contributed by atoms with Gasteiger partial charge in [-0.1, -0.05) is 13.3 Å². The number of aliphatic hydroxyl groups excluding tert-OH is 3. The second-order valence-corrected chi connectivity index (χ2v) is 10.2. The maximum atomic E-state index is 13.3. The Hall–Kier alpha value is -1.93. The number of halogens is 1. The fourth-order valence-corrected chi connectivity index (χ4v) is 5.12. The number of nitrogens with zero attached hydrogens (tertiary/aromatic N) is 1. The molecule has 0 aliphatic heterocycles. The highest BCUT2D eigenvalue weighted by Crippen LogP contribution is 2.37. The van der Waals surface area contributed by atoms with E-state index in [-0.39, 0.29) is 32.1 Å². The molecule has 38 heavy (non-hydrogen) atoms. The van der Waals surface area contributed by atoms with E-state index in [1.54, 1.807) is 23.1 Å². The second kappa shape index (κ2) is 16.9. The van der Waals surface area contributed by atoms with Gasteiger partial charge in [0, 0.05) is 44.7 Å². The van der Waals surface area contributed by atoms with Crippen LogP contribution in [0.2, 0.25) is 0 Å². The number of aliphatic hydroxyl groups is 3. The lowest BCUT2D eigenvalue weighted by Gasteiger charge is -2.41. The van der Waals surface area contributed by atoms with Gasteiger partial charge in [-0.3, -0.25) is 9.59 Å². The molecule has 1 aromatic rings. The first-order valence-electron chi connectivity index (χ1n) is 13.1. The first-order valence-corrected chi connectivity index (χ1v) is 14.2. The van der Waals surface area contributed by atoms with Gasteiger partial charge in [0.15, 0.2) is 11.5 Å². The standard InChI is InChI=1S/C27H41IN2O8/c1-4-6-8-24(33)30(10-7-12-37-5-2)21-15-19(27(35)29-9-11-31)16-22(25(21)34)38-26-20(28)13-18(17-32)14-23(26)36-3/h13-14,16,21-22,25,31-32,34H,4-12,15,17H2,1-3H3,(H,29,35). The van der Waals surface area contributed by atoms with Crippen molar-refractivity contribution in [3.8, 4) is 11.5 Å². The van der Waals surface area contributed by atoms with Gasteiger partial charge in [0.1, 0.15) is 12.2 Å². The normalized spacial score (nSPS) is 19.0. The zero-order chi connectivity index (χ0) is 28.1. The molecule has 11 heteroatoms.